The van der Waals surface area contributed by atoms with Gasteiger partial charge in [-0.15, -0.1) is 0 Å². The molecule has 1 heterocycles. The lowest BCUT2D eigenvalue weighted by Crippen LogP contribution is -2.32. The zero-order chi connectivity index (χ0) is 12.4. The van der Waals surface area contributed by atoms with Crippen molar-refractivity contribution in [3.63, 3.8) is 0 Å². The van der Waals surface area contributed by atoms with Crippen molar-refractivity contribution < 1.29 is 9.13 Å². The first-order chi connectivity index (χ1) is 8.13. The van der Waals surface area contributed by atoms with Crippen LogP contribution in [0, 0.1) is 5.82 Å². The molecule has 94 valence electrons. The third-order valence-corrected chi connectivity index (χ3v) is 4.28. The predicted molar refractivity (Wildman–Crippen MR) is 71.5 cm³/mol. The molecular weight excluding hydrogens is 239 g/mol. The standard InChI is InChI=1S/C12H17FN2OS/c1-15(8-3-4-17-7-8)11-6-12(16-2)10(14)5-9(11)13/h5-6,8H,3-4,7,14H2,1-2H3. The number of hydrogen-bond donors (Lipinski definition) is 1. The molecule has 1 fully saturated rings. The number of thioether (sulfide) groups is 1. The molecule has 0 aromatic heterocycles. The lowest BCUT2D eigenvalue weighted by molar-refractivity contribution is 0.416. The van der Waals surface area contributed by atoms with E-state index in [9.17, 15) is 4.39 Å². The minimum atomic E-state index is -0.289. The van der Waals surface area contributed by atoms with Crippen molar-refractivity contribution in [2.75, 3.05) is 36.3 Å². The summed E-state index contributed by atoms with van der Waals surface area (Å²) in [7, 11) is 3.46. The number of anilines is 2. The van der Waals surface area contributed by atoms with Gasteiger partial charge in [0.05, 0.1) is 18.5 Å². The highest BCUT2D eigenvalue weighted by Gasteiger charge is 2.23. The first-order valence-corrected chi connectivity index (χ1v) is 6.72. The molecule has 1 aliphatic rings. The maximum atomic E-state index is 13.9. The topological polar surface area (TPSA) is 38.5 Å². The van der Waals surface area contributed by atoms with Gasteiger partial charge in [0.1, 0.15) is 11.6 Å². The molecule has 5 heteroatoms. The van der Waals surface area contributed by atoms with Gasteiger partial charge in [-0.05, 0) is 12.2 Å². The number of rotatable bonds is 3. The van der Waals surface area contributed by atoms with E-state index in [1.807, 2.05) is 23.7 Å². The SMILES string of the molecule is COc1cc(N(C)C2CCSC2)c(F)cc1N. The smallest absolute Gasteiger partial charge is 0.148 e. The summed E-state index contributed by atoms with van der Waals surface area (Å²) in [6.45, 7) is 0. The van der Waals surface area contributed by atoms with Crippen molar-refractivity contribution in [3.05, 3.63) is 17.9 Å². The number of nitrogen functional groups attached to an aromatic ring is 1. The average Bonchev–Trinajstić information content (AvgIpc) is 2.82. The van der Waals surface area contributed by atoms with Crippen LogP contribution in [0.2, 0.25) is 0 Å². The van der Waals surface area contributed by atoms with E-state index in [0.717, 1.165) is 17.9 Å². The number of benzene rings is 1. The summed E-state index contributed by atoms with van der Waals surface area (Å²) < 4.78 is 19.0. The number of ether oxygens (including phenoxy) is 1. The van der Waals surface area contributed by atoms with Crippen molar-refractivity contribution in [2.24, 2.45) is 0 Å². The quantitative estimate of drug-likeness (QED) is 0.843. The van der Waals surface area contributed by atoms with Crippen molar-refractivity contribution in [1.82, 2.24) is 0 Å². The van der Waals surface area contributed by atoms with E-state index in [2.05, 4.69) is 0 Å². The van der Waals surface area contributed by atoms with Crippen molar-refractivity contribution in [2.45, 2.75) is 12.5 Å². The van der Waals surface area contributed by atoms with Gasteiger partial charge in [-0.3, -0.25) is 0 Å². The Balaban J connectivity index is 2.30. The Kier molecular flexibility index (Phi) is 3.66. The van der Waals surface area contributed by atoms with Crippen LogP contribution in [-0.2, 0) is 0 Å². The summed E-state index contributed by atoms with van der Waals surface area (Å²) in [5, 5.41) is 0. The van der Waals surface area contributed by atoms with Crippen molar-refractivity contribution >= 4 is 23.1 Å². The predicted octanol–water partition coefficient (Wildman–Crippen LogP) is 2.36. The molecule has 1 atom stereocenters. The molecule has 1 aromatic rings. The highest BCUT2D eigenvalue weighted by atomic mass is 32.2. The monoisotopic (exact) mass is 256 g/mol. The first-order valence-electron chi connectivity index (χ1n) is 5.57. The summed E-state index contributed by atoms with van der Waals surface area (Å²) in [4.78, 5) is 1.98. The Morgan fingerprint density at radius 1 is 1.53 bits per heavy atom. The third kappa shape index (κ3) is 2.44. The highest BCUT2D eigenvalue weighted by molar-refractivity contribution is 7.99. The number of methoxy groups -OCH3 is 1. The molecule has 0 bridgehead atoms. The van der Waals surface area contributed by atoms with E-state index in [-0.39, 0.29) is 5.82 Å². The molecule has 1 aliphatic heterocycles. The molecule has 0 aliphatic carbocycles. The second-order valence-electron chi connectivity index (χ2n) is 4.17. The fraction of sp³-hybridized carbons (Fsp3) is 0.500. The molecule has 1 saturated heterocycles. The van der Waals surface area contributed by atoms with E-state index in [4.69, 9.17) is 10.5 Å². The number of nitrogens with zero attached hydrogens (tertiary/aromatic N) is 1. The normalized spacial score (nSPS) is 19.4. The van der Waals surface area contributed by atoms with E-state index in [0.29, 0.717) is 23.2 Å². The molecule has 0 spiro atoms. The molecule has 17 heavy (non-hydrogen) atoms. The van der Waals surface area contributed by atoms with Crippen molar-refractivity contribution in [3.8, 4) is 5.75 Å². The Morgan fingerprint density at radius 2 is 2.29 bits per heavy atom. The highest BCUT2D eigenvalue weighted by Crippen LogP contribution is 2.33. The minimum absolute atomic E-state index is 0.289. The number of hydrogen-bond acceptors (Lipinski definition) is 4. The summed E-state index contributed by atoms with van der Waals surface area (Å²) in [6.07, 6.45) is 1.09. The first kappa shape index (κ1) is 12.4. The summed E-state index contributed by atoms with van der Waals surface area (Å²) in [5.41, 5.74) is 6.56. The second kappa shape index (κ2) is 5.04. The average molecular weight is 256 g/mol. The van der Waals surface area contributed by atoms with E-state index >= 15 is 0 Å². The van der Waals surface area contributed by atoms with Gasteiger partial charge in [0.25, 0.3) is 0 Å². The van der Waals surface area contributed by atoms with Crippen LogP contribution in [0.4, 0.5) is 15.8 Å². The van der Waals surface area contributed by atoms with Gasteiger partial charge in [-0.2, -0.15) is 11.8 Å². The lowest BCUT2D eigenvalue weighted by Gasteiger charge is -2.27. The van der Waals surface area contributed by atoms with Gasteiger partial charge in [0, 0.05) is 31.0 Å². The van der Waals surface area contributed by atoms with Crippen LogP contribution in [0.1, 0.15) is 6.42 Å². The zero-order valence-electron chi connectivity index (χ0n) is 10.1. The van der Waals surface area contributed by atoms with Gasteiger partial charge < -0.3 is 15.4 Å². The van der Waals surface area contributed by atoms with Gasteiger partial charge in [0.15, 0.2) is 0 Å². The Labute approximate surface area is 105 Å². The lowest BCUT2D eigenvalue weighted by atomic mass is 10.2. The van der Waals surface area contributed by atoms with Gasteiger partial charge in [-0.25, -0.2) is 4.39 Å². The van der Waals surface area contributed by atoms with Crippen LogP contribution in [-0.4, -0.2) is 31.7 Å². The fourth-order valence-corrected chi connectivity index (χ4v) is 3.30. The summed E-state index contributed by atoms with van der Waals surface area (Å²) in [6, 6.07) is 3.39. The van der Waals surface area contributed by atoms with Crippen LogP contribution in [0.5, 0.6) is 5.75 Å². The summed E-state index contributed by atoms with van der Waals surface area (Å²) >= 11 is 1.90. The zero-order valence-corrected chi connectivity index (χ0v) is 10.9. The Hall–Kier alpha value is -1.10. The molecule has 0 amide bonds. The van der Waals surface area contributed by atoms with E-state index < -0.39 is 0 Å². The van der Waals surface area contributed by atoms with Crippen molar-refractivity contribution in [1.29, 1.82) is 0 Å². The van der Waals surface area contributed by atoms with Gasteiger partial charge >= 0.3 is 0 Å². The third-order valence-electron chi connectivity index (χ3n) is 3.13. The molecule has 1 unspecified atom stereocenters. The minimum Gasteiger partial charge on any atom is -0.495 e. The molecule has 3 nitrogen and oxygen atoms in total. The fourth-order valence-electron chi connectivity index (χ4n) is 2.03. The second-order valence-corrected chi connectivity index (χ2v) is 5.32. The van der Waals surface area contributed by atoms with Gasteiger partial charge in [0.2, 0.25) is 0 Å². The molecule has 2 N–H and O–H groups in total. The molecule has 2 rings (SSSR count). The maximum Gasteiger partial charge on any atom is 0.148 e. The maximum absolute atomic E-state index is 13.9. The number of halogens is 1. The van der Waals surface area contributed by atoms with Crippen LogP contribution < -0.4 is 15.4 Å². The largest absolute Gasteiger partial charge is 0.495 e. The molecule has 0 saturated carbocycles. The molecule has 0 radical (unpaired) electrons. The van der Waals surface area contributed by atoms with Crippen LogP contribution >= 0.6 is 11.8 Å². The molecular formula is C12H17FN2OS. The van der Waals surface area contributed by atoms with E-state index in [1.54, 1.807) is 13.2 Å². The Bertz CT molecular complexity index is 408. The van der Waals surface area contributed by atoms with E-state index in [1.165, 1.54) is 6.07 Å². The van der Waals surface area contributed by atoms with Crippen LogP contribution in [0.25, 0.3) is 0 Å². The summed E-state index contributed by atoms with van der Waals surface area (Å²) in [5.74, 6) is 2.42. The van der Waals surface area contributed by atoms with Crippen LogP contribution in [0.3, 0.4) is 0 Å². The van der Waals surface area contributed by atoms with Crippen LogP contribution in [0.15, 0.2) is 12.1 Å². The Morgan fingerprint density at radius 3 is 2.88 bits per heavy atom. The molecule has 1 aromatic carbocycles. The number of nitrogens with two attached hydrogens (primary N) is 1. The van der Waals surface area contributed by atoms with Gasteiger partial charge in [-0.1, -0.05) is 0 Å².